The van der Waals surface area contributed by atoms with E-state index >= 15 is 0 Å². The van der Waals surface area contributed by atoms with Crippen LogP contribution in [0, 0.1) is 18.6 Å². The molecule has 118 valence electrons. The Balaban J connectivity index is 1.81. The van der Waals surface area contributed by atoms with Crippen molar-refractivity contribution in [3.8, 4) is 0 Å². The van der Waals surface area contributed by atoms with Gasteiger partial charge in [0, 0.05) is 11.6 Å². The SMILES string of the molecule is Cc1noc2ncnc(N(Cc3c(F)cccc3F)C3CC3)c12. The molecule has 0 atom stereocenters. The predicted octanol–water partition coefficient (Wildman–Crippen LogP) is 3.37. The molecular formula is C16H14F2N4O. The quantitative estimate of drug-likeness (QED) is 0.738. The largest absolute Gasteiger partial charge is 0.348 e. The third-order valence-electron chi connectivity index (χ3n) is 4.07. The Morgan fingerprint density at radius 3 is 2.65 bits per heavy atom. The molecule has 0 radical (unpaired) electrons. The van der Waals surface area contributed by atoms with E-state index < -0.39 is 11.6 Å². The van der Waals surface area contributed by atoms with E-state index in [9.17, 15) is 8.78 Å². The van der Waals surface area contributed by atoms with E-state index in [2.05, 4.69) is 15.1 Å². The lowest BCUT2D eigenvalue weighted by Gasteiger charge is -2.24. The van der Waals surface area contributed by atoms with Crippen LogP contribution in [0.2, 0.25) is 0 Å². The average Bonchev–Trinajstić information content (AvgIpc) is 3.30. The summed E-state index contributed by atoms with van der Waals surface area (Å²) in [6.45, 7) is 1.91. The second-order valence-electron chi connectivity index (χ2n) is 5.70. The van der Waals surface area contributed by atoms with Crippen LogP contribution in [-0.2, 0) is 6.54 Å². The Morgan fingerprint density at radius 1 is 1.22 bits per heavy atom. The molecule has 0 spiro atoms. The van der Waals surface area contributed by atoms with Crippen molar-refractivity contribution in [3.05, 3.63) is 47.4 Å². The fourth-order valence-corrected chi connectivity index (χ4v) is 2.74. The molecule has 0 unspecified atom stereocenters. The molecule has 0 bridgehead atoms. The standard InChI is InChI=1S/C16H14F2N4O/c1-9-14-15(19-8-20-16(14)23-21-9)22(10-5-6-10)7-11-12(17)3-2-4-13(11)18/h2-4,8,10H,5-7H2,1H3. The summed E-state index contributed by atoms with van der Waals surface area (Å²) in [7, 11) is 0. The van der Waals surface area contributed by atoms with Crippen molar-refractivity contribution in [1.82, 2.24) is 15.1 Å². The molecule has 2 aromatic heterocycles. The zero-order chi connectivity index (χ0) is 16.0. The first-order valence-electron chi connectivity index (χ1n) is 7.41. The maximum absolute atomic E-state index is 14.0. The fraction of sp³-hybridized carbons (Fsp3) is 0.312. The average molecular weight is 316 g/mol. The van der Waals surface area contributed by atoms with Gasteiger partial charge in [-0.1, -0.05) is 11.2 Å². The van der Waals surface area contributed by atoms with Crippen LogP contribution in [0.1, 0.15) is 24.1 Å². The molecule has 1 aliphatic carbocycles. The lowest BCUT2D eigenvalue weighted by molar-refractivity contribution is 0.442. The van der Waals surface area contributed by atoms with Crippen LogP contribution >= 0.6 is 0 Å². The minimum Gasteiger partial charge on any atom is -0.348 e. The van der Waals surface area contributed by atoms with Crippen molar-refractivity contribution >= 4 is 16.9 Å². The zero-order valence-corrected chi connectivity index (χ0v) is 12.5. The first kappa shape index (κ1) is 14.0. The van der Waals surface area contributed by atoms with Gasteiger partial charge in [-0.3, -0.25) is 0 Å². The van der Waals surface area contributed by atoms with E-state index in [0.29, 0.717) is 22.6 Å². The van der Waals surface area contributed by atoms with Crippen molar-refractivity contribution in [3.63, 3.8) is 0 Å². The number of rotatable bonds is 4. The highest BCUT2D eigenvalue weighted by Crippen LogP contribution is 2.36. The Bertz CT molecular complexity index is 855. The Morgan fingerprint density at radius 2 is 1.96 bits per heavy atom. The summed E-state index contributed by atoms with van der Waals surface area (Å²) in [5.41, 5.74) is 1.09. The van der Waals surface area contributed by atoms with Gasteiger partial charge in [-0.25, -0.2) is 13.8 Å². The van der Waals surface area contributed by atoms with Crippen LogP contribution in [0.15, 0.2) is 29.0 Å². The van der Waals surface area contributed by atoms with E-state index in [4.69, 9.17) is 4.52 Å². The Kier molecular flexibility index (Phi) is 3.21. The van der Waals surface area contributed by atoms with Crippen LogP contribution in [0.3, 0.4) is 0 Å². The number of fused-ring (bicyclic) bond motifs is 1. The molecule has 1 aromatic carbocycles. The number of anilines is 1. The van der Waals surface area contributed by atoms with E-state index in [1.807, 2.05) is 4.90 Å². The molecule has 23 heavy (non-hydrogen) atoms. The summed E-state index contributed by atoms with van der Waals surface area (Å²) in [6, 6.07) is 4.11. The molecule has 2 heterocycles. The highest BCUT2D eigenvalue weighted by Gasteiger charge is 2.33. The van der Waals surface area contributed by atoms with Crippen LogP contribution in [-0.4, -0.2) is 21.2 Å². The van der Waals surface area contributed by atoms with E-state index in [1.165, 1.54) is 24.5 Å². The maximum atomic E-state index is 14.0. The minimum absolute atomic E-state index is 0.0419. The van der Waals surface area contributed by atoms with Crippen molar-refractivity contribution in [2.45, 2.75) is 32.4 Å². The van der Waals surface area contributed by atoms with Crippen molar-refractivity contribution in [2.24, 2.45) is 0 Å². The second kappa shape index (κ2) is 5.26. The first-order chi connectivity index (χ1) is 11.1. The molecule has 0 aliphatic heterocycles. The maximum Gasteiger partial charge on any atom is 0.263 e. The van der Waals surface area contributed by atoms with Gasteiger partial charge in [0.1, 0.15) is 29.2 Å². The highest BCUT2D eigenvalue weighted by atomic mass is 19.1. The normalized spacial score (nSPS) is 14.4. The monoisotopic (exact) mass is 316 g/mol. The first-order valence-corrected chi connectivity index (χ1v) is 7.41. The number of aryl methyl sites for hydroxylation is 1. The number of benzene rings is 1. The molecule has 1 saturated carbocycles. The summed E-state index contributed by atoms with van der Waals surface area (Å²) >= 11 is 0. The molecule has 3 aromatic rings. The lowest BCUT2D eigenvalue weighted by atomic mass is 10.1. The third kappa shape index (κ3) is 2.42. The van der Waals surface area contributed by atoms with E-state index in [0.717, 1.165) is 12.8 Å². The molecule has 1 fully saturated rings. The van der Waals surface area contributed by atoms with Gasteiger partial charge < -0.3 is 9.42 Å². The molecule has 4 rings (SSSR count). The van der Waals surface area contributed by atoms with Gasteiger partial charge in [0.2, 0.25) is 0 Å². The smallest absolute Gasteiger partial charge is 0.263 e. The summed E-state index contributed by atoms with van der Waals surface area (Å²) in [5, 5.41) is 4.60. The summed E-state index contributed by atoms with van der Waals surface area (Å²) in [6.07, 6.45) is 3.31. The van der Waals surface area contributed by atoms with E-state index in [-0.39, 0.29) is 18.2 Å². The molecule has 0 N–H and O–H groups in total. The van der Waals surface area contributed by atoms with Gasteiger partial charge in [0.05, 0.1) is 12.2 Å². The zero-order valence-electron chi connectivity index (χ0n) is 12.5. The third-order valence-corrected chi connectivity index (χ3v) is 4.07. The fourth-order valence-electron chi connectivity index (χ4n) is 2.74. The molecule has 1 aliphatic rings. The minimum atomic E-state index is -0.553. The van der Waals surface area contributed by atoms with Gasteiger partial charge in [-0.15, -0.1) is 0 Å². The van der Waals surface area contributed by atoms with Crippen LogP contribution < -0.4 is 4.90 Å². The number of aromatic nitrogens is 3. The van der Waals surface area contributed by atoms with Gasteiger partial charge in [0.15, 0.2) is 0 Å². The van der Waals surface area contributed by atoms with Crippen molar-refractivity contribution in [1.29, 1.82) is 0 Å². The van der Waals surface area contributed by atoms with Gasteiger partial charge in [-0.05, 0) is 31.9 Å². The van der Waals surface area contributed by atoms with Crippen molar-refractivity contribution < 1.29 is 13.3 Å². The lowest BCUT2D eigenvalue weighted by Crippen LogP contribution is -2.27. The molecule has 0 saturated heterocycles. The summed E-state index contributed by atoms with van der Waals surface area (Å²) in [5.74, 6) is -0.495. The van der Waals surface area contributed by atoms with Gasteiger partial charge in [0.25, 0.3) is 5.71 Å². The second-order valence-corrected chi connectivity index (χ2v) is 5.70. The highest BCUT2D eigenvalue weighted by molar-refractivity contribution is 5.88. The molecule has 7 heteroatoms. The van der Waals surface area contributed by atoms with Gasteiger partial charge in [-0.2, -0.15) is 4.98 Å². The van der Waals surface area contributed by atoms with E-state index in [1.54, 1.807) is 6.92 Å². The summed E-state index contributed by atoms with van der Waals surface area (Å²) < 4.78 is 33.2. The van der Waals surface area contributed by atoms with Crippen molar-refractivity contribution in [2.75, 3.05) is 4.90 Å². The number of halogens is 2. The Hall–Kier alpha value is -2.57. The van der Waals surface area contributed by atoms with Crippen LogP contribution in [0.25, 0.3) is 11.1 Å². The Labute approximate surface area is 130 Å². The number of hydrogen-bond donors (Lipinski definition) is 0. The molecule has 5 nitrogen and oxygen atoms in total. The topological polar surface area (TPSA) is 55.1 Å². The van der Waals surface area contributed by atoms with Crippen LogP contribution in [0.4, 0.5) is 14.6 Å². The van der Waals surface area contributed by atoms with Gasteiger partial charge >= 0.3 is 0 Å². The van der Waals surface area contributed by atoms with Crippen LogP contribution in [0.5, 0.6) is 0 Å². The predicted molar refractivity (Wildman–Crippen MR) is 79.9 cm³/mol. The summed E-state index contributed by atoms with van der Waals surface area (Å²) in [4.78, 5) is 10.3. The molecule has 0 amide bonds. The number of hydrogen-bond acceptors (Lipinski definition) is 5. The number of nitrogens with zero attached hydrogens (tertiary/aromatic N) is 4. The molecular weight excluding hydrogens is 302 g/mol.